The van der Waals surface area contributed by atoms with E-state index in [1.54, 1.807) is 0 Å². The van der Waals surface area contributed by atoms with Gasteiger partial charge in [0.2, 0.25) is 0 Å². The molecule has 2 saturated heterocycles. The summed E-state index contributed by atoms with van der Waals surface area (Å²) in [5.74, 6) is 0. The fourth-order valence-corrected chi connectivity index (χ4v) is 3.80. The van der Waals surface area contributed by atoms with Gasteiger partial charge in [-0.1, -0.05) is 20.3 Å². The molecule has 0 spiro atoms. The first-order valence-electron chi connectivity index (χ1n) is 6.27. The van der Waals surface area contributed by atoms with Crippen molar-refractivity contribution in [2.75, 3.05) is 0 Å². The van der Waals surface area contributed by atoms with Gasteiger partial charge in [0.05, 0.1) is 0 Å². The van der Waals surface area contributed by atoms with E-state index < -0.39 is 0 Å². The van der Waals surface area contributed by atoms with Gasteiger partial charge >= 0.3 is 0 Å². The molecule has 14 heavy (non-hydrogen) atoms. The van der Waals surface area contributed by atoms with Gasteiger partial charge in [0.25, 0.3) is 0 Å². The Bertz CT molecular complexity index is 191. The van der Waals surface area contributed by atoms with E-state index in [2.05, 4.69) is 32.6 Å². The molecule has 82 valence electrons. The van der Waals surface area contributed by atoms with E-state index in [1.807, 2.05) is 0 Å². The van der Waals surface area contributed by atoms with Crippen molar-refractivity contribution in [3.63, 3.8) is 0 Å². The Hall–Kier alpha value is -0.0400. The lowest BCUT2D eigenvalue weighted by Gasteiger charge is -2.53. The summed E-state index contributed by atoms with van der Waals surface area (Å²) in [6, 6.07) is 2.52. The average molecular weight is 195 g/mol. The lowest BCUT2D eigenvalue weighted by Crippen LogP contribution is -2.56. The molecule has 0 aromatic rings. The fraction of sp³-hybridized carbons (Fsp3) is 1.00. The summed E-state index contributed by atoms with van der Waals surface area (Å²) >= 11 is 0. The van der Waals surface area contributed by atoms with Crippen molar-refractivity contribution in [3.8, 4) is 0 Å². The van der Waals surface area contributed by atoms with Crippen LogP contribution in [-0.2, 0) is 0 Å². The highest BCUT2D eigenvalue weighted by Gasteiger charge is 2.42. The van der Waals surface area contributed by atoms with E-state index in [0.29, 0.717) is 5.41 Å². The van der Waals surface area contributed by atoms with Gasteiger partial charge in [-0.25, -0.2) is 0 Å². The van der Waals surface area contributed by atoms with E-state index in [4.69, 9.17) is 0 Å². The number of piperidine rings is 2. The van der Waals surface area contributed by atoms with Crippen molar-refractivity contribution in [1.29, 1.82) is 0 Å². The topological polar surface area (TPSA) is 3.24 Å². The molecule has 2 unspecified atom stereocenters. The van der Waals surface area contributed by atoms with Gasteiger partial charge in [0.1, 0.15) is 0 Å². The van der Waals surface area contributed by atoms with Gasteiger partial charge in [-0.05, 0) is 44.9 Å². The van der Waals surface area contributed by atoms with Crippen molar-refractivity contribution in [2.45, 2.75) is 77.9 Å². The number of hydrogen-bond donors (Lipinski definition) is 0. The number of fused-ring (bicyclic) bond motifs is 2. The Labute approximate surface area is 88.9 Å². The van der Waals surface area contributed by atoms with E-state index in [9.17, 15) is 0 Å². The minimum Gasteiger partial charge on any atom is -0.295 e. The van der Waals surface area contributed by atoms with Crippen molar-refractivity contribution in [2.24, 2.45) is 5.41 Å². The molecule has 0 amide bonds. The van der Waals surface area contributed by atoms with Gasteiger partial charge in [-0.2, -0.15) is 0 Å². The van der Waals surface area contributed by atoms with Crippen LogP contribution >= 0.6 is 0 Å². The summed E-state index contributed by atoms with van der Waals surface area (Å²) < 4.78 is 0. The molecule has 0 radical (unpaired) electrons. The SMILES string of the molecule is CC(C)N1C2CCCC1CC(C)(C)C2. The third-order valence-corrected chi connectivity index (χ3v) is 4.09. The van der Waals surface area contributed by atoms with Crippen LogP contribution in [0.2, 0.25) is 0 Å². The number of hydrogen-bond acceptors (Lipinski definition) is 1. The highest BCUT2D eigenvalue weighted by Crippen LogP contribution is 2.44. The predicted molar refractivity (Wildman–Crippen MR) is 61.4 cm³/mol. The Balaban J connectivity index is 2.15. The second-order valence-electron chi connectivity index (χ2n) is 6.35. The molecule has 2 heterocycles. The van der Waals surface area contributed by atoms with Crippen LogP contribution in [0.15, 0.2) is 0 Å². The van der Waals surface area contributed by atoms with Gasteiger partial charge in [0.15, 0.2) is 0 Å². The largest absolute Gasteiger partial charge is 0.295 e. The van der Waals surface area contributed by atoms with Crippen LogP contribution < -0.4 is 0 Å². The lowest BCUT2D eigenvalue weighted by atomic mass is 9.70. The Morgan fingerprint density at radius 1 is 1.07 bits per heavy atom. The van der Waals surface area contributed by atoms with Gasteiger partial charge in [-0.3, -0.25) is 4.90 Å². The summed E-state index contributed by atoms with van der Waals surface area (Å²) in [6.07, 6.45) is 7.19. The van der Waals surface area contributed by atoms with Crippen LogP contribution in [0.4, 0.5) is 0 Å². The second-order valence-corrected chi connectivity index (χ2v) is 6.35. The monoisotopic (exact) mass is 195 g/mol. The Kier molecular flexibility index (Phi) is 2.63. The molecule has 2 aliphatic rings. The zero-order valence-corrected chi connectivity index (χ0v) is 10.2. The molecule has 2 atom stereocenters. The van der Waals surface area contributed by atoms with Gasteiger partial charge < -0.3 is 0 Å². The minimum absolute atomic E-state index is 0.598. The maximum atomic E-state index is 2.80. The summed E-state index contributed by atoms with van der Waals surface area (Å²) in [5.41, 5.74) is 0.598. The van der Waals surface area contributed by atoms with Crippen LogP contribution in [0.1, 0.15) is 59.8 Å². The van der Waals surface area contributed by atoms with Crippen LogP contribution in [-0.4, -0.2) is 23.0 Å². The van der Waals surface area contributed by atoms with Crippen LogP contribution in [0, 0.1) is 5.41 Å². The molecule has 1 heteroatoms. The summed E-state index contributed by atoms with van der Waals surface area (Å²) in [4.78, 5) is 2.80. The Morgan fingerprint density at radius 2 is 1.57 bits per heavy atom. The van der Waals surface area contributed by atoms with E-state index >= 15 is 0 Å². The summed E-state index contributed by atoms with van der Waals surface area (Å²) in [6.45, 7) is 9.64. The third kappa shape index (κ3) is 1.84. The minimum atomic E-state index is 0.598. The first-order valence-corrected chi connectivity index (χ1v) is 6.27. The molecule has 0 aromatic heterocycles. The summed E-state index contributed by atoms with van der Waals surface area (Å²) in [5, 5.41) is 0. The van der Waals surface area contributed by atoms with Gasteiger partial charge in [-0.15, -0.1) is 0 Å². The molecule has 0 aromatic carbocycles. The normalized spacial score (nSPS) is 37.5. The maximum absolute atomic E-state index is 2.80. The first-order chi connectivity index (χ1) is 6.49. The zero-order valence-electron chi connectivity index (χ0n) is 10.2. The quantitative estimate of drug-likeness (QED) is 0.619. The number of rotatable bonds is 1. The molecule has 2 fully saturated rings. The van der Waals surface area contributed by atoms with Crippen LogP contribution in [0.3, 0.4) is 0 Å². The van der Waals surface area contributed by atoms with Crippen molar-refractivity contribution >= 4 is 0 Å². The maximum Gasteiger partial charge on any atom is 0.0106 e. The van der Waals surface area contributed by atoms with Crippen molar-refractivity contribution in [3.05, 3.63) is 0 Å². The lowest BCUT2D eigenvalue weighted by molar-refractivity contribution is -0.0357. The standard InChI is InChI=1S/C13H25N/c1-10(2)14-11-6-5-7-12(14)9-13(3,4)8-11/h10-12H,5-9H2,1-4H3. The number of nitrogens with zero attached hydrogens (tertiary/aromatic N) is 1. The van der Waals surface area contributed by atoms with Crippen LogP contribution in [0.5, 0.6) is 0 Å². The van der Waals surface area contributed by atoms with Crippen molar-refractivity contribution in [1.82, 2.24) is 4.90 Å². The van der Waals surface area contributed by atoms with E-state index in [-0.39, 0.29) is 0 Å². The van der Waals surface area contributed by atoms with Crippen LogP contribution in [0.25, 0.3) is 0 Å². The van der Waals surface area contributed by atoms with E-state index in [1.165, 1.54) is 32.1 Å². The predicted octanol–water partition coefficient (Wildman–Crippen LogP) is 3.44. The third-order valence-electron chi connectivity index (χ3n) is 4.09. The summed E-state index contributed by atoms with van der Waals surface area (Å²) in [7, 11) is 0. The van der Waals surface area contributed by atoms with Gasteiger partial charge in [0, 0.05) is 18.1 Å². The first kappa shape index (κ1) is 10.5. The molecule has 0 saturated carbocycles. The highest BCUT2D eigenvalue weighted by molar-refractivity contribution is 4.96. The zero-order chi connectivity index (χ0) is 10.3. The molecular weight excluding hydrogens is 170 g/mol. The molecule has 2 bridgehead atoms. The molecular formula is C13H25N. The molecule has 1 nitrogen and oxygen atoms in total. The molecule has 0 N–H and O–H groups in total. The smallest absolute Gasteiger partial charge is 0.0106 e. The molecule has 0 aliphatic carbocycles. The highest BCUT2D eigenvalue weighted by atomic mass is 15.2. The average Bonchev–Trinajstić information content (AvgIpc) is 1.99. The van der Waals surface area contributed by atoms with Crippen molar-refractivity contribution < 1.29 is 0 Å². The second kappa shape index (κ2) is 3.52. The Morgan fingerprint density at radius 3 is 2.00 bits per heavy atom. The fourth-order valence-electron chi connectivity index (χ4n) is 3.80. The molecule has 2 rings (SSSR count). The van der Waals surface area contributed by atoms with E-state index in [0.717, 1.165) is 18.1 Å². The molecule has 2 aliphatic heterocycles.